The predicted octanol–water partition coefficient (Wildman–Crippen LogP) is 3.01. The van der Waals surface area contributed by atoms with Gasteiger partial charge in [-0.05, 0) is 29.8 Å². The monoisotopic (exact) mass is 419 g/mol. The summed E-state index contributed by atoms with van der Waals surface area (Å²) < 4.78 is 18.9. The molecule has 0 bridgehead atoms. The van der Waals surface area contributed by atoms with Crippen LogP contribution in [-0.4, -0.2) is 26.1 Å². The summed E-state index contributed by atoms with van der Waals surface area (Å²) in [4.78, 5) is 20.2. The highest BCUT2D eigenvalue weighted by Gasteiger charge is 2.21. The van der Waals surface area contributed by atoms with E-state index in [0.717, 1.165) is 5.56 Å². The van der Waals surface area contributed by atoms with Crippen molar-refractivity contribution in [3.63, 3.8) is 0 Å². The maximum absolute atomic E-state index is 13.1. The molecule has 4 aromatic rings. The highest BCUT2D eigenvalue weighted by molar-refractivity contribution is 6.04. The van der Waals surface area contributed by atoms with Crippen LogP contribution in [0, 0.1) is 5.82 Å². The molecule has 0 atom stereocenters. The third-order valence-electron chi connectivity index (χ3n) is 4.43. The Bertz CT molecular complexity index is 1210. The van der Waals surface area contributed by atoms with Crippen LogP contribution < -0.4 is 21.5 Å². The molecule has 0 aliphatic rings. The Balaban J connectivity index is 1.62. The first kappa shape index (κ1) is 19.8. The van der Waals surface area contributed by atoms with Crippen molar-refractivity contribution in [1.29, 1.82) is 0 Å². The molecular formula is C21H18FN7O2. The number of rotatable bonds is 7. The largest absolute Gasteiger partial charge is 0.487 e. The second kappa shape index (κ2) is 8.49. The van der Waals surface area contributed by atoms with E-state index in [-0.39, 0.29) is 23.8 Å². The van der Waals surface area contributed by atoms with E-state index < -0.39 is 5.91 Å². The van der Waals surface area contributed by atoms with E-state index >= 15 is 0 Å². The van der Waals surface area contributed by atoms with Crippen LogP contribution in [0.15, 0.2) is 61.1 Å². The molecule has 4 rings (SSSR count). The van der Waals surface area contributed by atoms with E-state index in [1.54, 1.807) is 30.3 Å². The van der Waals surface area contributed by atoms with E-state index in [9.17, 15) is 9.18 Å². The van der Waals surface area contributed by atoms with Crippen LogP contribution in [-0.2, 0) is 6.61 Å². The van der Waals surface area contributed by atoms with Crippen molar-refractivity contribution in [2.24, 2.45) is 5.73 Å². The lowest BCUT2D eigenvalue weighted by atomic mass is 10.1. The Hall–Kier alpha value is -4.47. The lowest BCUT2D eigenvalue weighted by Crippen LogP contribution is -2.13. The lowest BCUT2D eigenvalue weighted by molar-refractivity contribution is 0.100. The molecular weight excluding hydrogens is 401 g/mol. The minimum absolute atomic E-state index is 0.153. The number of aromatic nitrogens is 4. The molecule has 10 heteroatoms. The third-order valence-corrected chi connectivity index (χ3v) is 4.43. The number of primary amides is 1. The number of carbonyl (C=O) groups is 1. The van der Waals surface area contributed by atoms with Crippen LogP contribution in [0.2, 0.25) is 0 Å². The summed E-state index contributed by atoms with van der Waals surface area (Å²) in [5.41, 5.74) is 14.0. The van der Waals surface area contributed by atoms with E-state index in [0.29, 0.717) is 28.5 Å². The predicted molar refractivity (Wildman–Crippen MR) is 113 cm³/mol. The Morgan fingerprint density at radius 2 is 1.97 bits per heavy atom. The molecule has 31 heavy (non-hydrogen) atoms. The topological polar surface area (TPSA) is 145 Å². The van der Waals surface area contributed by atoms with Crippen LogP contribution in [0.4, 0.5) is 21.7 Å². The molecule has 0 aliphatic heterocycles. The van der Waals surface area contributed by atoms with Gasteiger partial charge in [-0.2, -0.15) is 5.10 Å². The van der Waals surface area contributed by atoms with Gasteiger partial charge >= 0.3 is 0 Å². The van der Waals surface area contributed by atoms with Gasteiger partial charge in [0.05, 0.1) is 17.6 Å². The number of H-pyrrole nitrogens is 1. The maximum Gasteiger partial charge on any atom is 0.254 e. The number of nitrogens with two attached hydrogens (primary N) is 2. The Morgan fingerprint density at radius 1 is 1.16 bits per heavy atom. The number of hydrogen-bond donors (Lipinski definition) is 4. The summed E-state index contributed by atoms with van der Waals surface area (Å²) in [6.07, 6.45) is 4.52. The molecule has 0 unspecified atom stereocenters. The highest BCUT2D eigenvalue weighted by atomic mass is 19.1. The Morgan fingerprint density at radius 3 is 2.68 bits per heavy atom. The number of halogens is 1. The number of anilines is 3. The van der Waals surface area contributed by atoms with Crippen molar-refractivity contribution < 1.29 is 13.9 Å². The van der Waals surface area contributed by atoms with Crippen molar-refractivity contribution in [3.05, 3.63) is 78.0 Å². The van der Waals surface area contributed by atoms with Crippen molar-refractivity contribution in [2.75, 3.05) is 11.1 Å². The van der Waals surface area contributed by atoms with Gasteiger partial charge in [0.15, 0.2) is 5.82 Å². The summed E-state index contributed by atoms with van der Waals surface area (Å²) in [5, 5.41) is 9.89. The second-order valence-corrected chi connectivity index (χ2v) is 6.57. The van der Waals surface area contributed by atoms with Gasteiger partial charge in [0, 0.05) is 18.0 Å². The molecule has 0 radical (unpaired) electrons. The molecule has 156 valence electrons. The minimum Gasteiger partial charge on any atom is -0.487 e. The zero-order chi connectivity index (χ0) is 21.8. The summed E-state index contributed by atoms with van der Waals surface area (Å²) in [7, 11) is 0. The highest BCUT2D eigenvalue weighted by Crippen LogP contribution is 2.33. The molecule has 6 N–H and O–H groups in total. The number of aromatic amines is 1. The molecule has 0 fully saturated rings. The van der Waals surface area contributed by atoms with Gasteiger partial charge in [0.25, 0.3) is 5.91 Å². The van der Waals surface area contributed by atoms with E-state index in [1.165, 1.54) is 30.7 Å². The fourth-order valence-corrected chi connectivity index (χ4v) is 2.92. The average Bonchev–Trinajstić information content (AvgIpc) is 3.19. The molecule has 0 saturated heterocycles. The second-order valence-electron chi connectivity index (χ2n) is 6.57. The summed E-state index contributed by atoms with van der Waals surface area (Å²) >= 11 is 0. The molecule has 1 amide bonds. The van der Waals surface area contributed by atoms with E-state index in [2.05, 4.69) is 25.5 Å². The first-order chi connectivity index (χ1) is 15.0. The SMILES string of the molecule is NC(=O)c1c(Nc2cnccn2)n[nH]c1-c1ccc(N)c(OCc2ccc(F)cc2)c1. The van der Waals surface area contributed by atoms with Gasteiger partial charge in [-0.3, -0.25) is 14.9 Å². The number of nitrogen functional groups attached to an aromatic ring is 1. The van der Waals surface area contributed by atoms with Crippen molar-refractivity contribution in [1.82, 2.24) is 20.2 Å². The number of carbonyl (C=O) groups excluding carboxylic acids is 1. The summed E-state index contributed by atoms with van der Waals surface area (Å²) in [5.74, 6) is 0.0164. The van der Waals surface area contributed by atoms with Gasteiger partial charge in [0.2, 0.25) is 0 Å². The Kier molecular flexibility index (Phi) is 5.43. The first-order valence-corrected chi connectivity index (χ1v) is 9.19. The maximum atomic E-state index is 13.1. The lowest BCUT2D eigenvalue weighted by Gasteiger charge is -2.11. The fourth-order valence-electron chi connectivity index (χ4n) is 2.92. The van der Waals surface area contributed by atoms with Crippen molar-refractivity contribution >= 4 is 23.2 Å². The molecule has 9 nitrogen and oxygen atoms in total. The normalized spacial score (nSPS) is 10.6. The average molecular weight is 419 g/mol. The van der Waals surface area contributed by atoms with Gasteiger partial charge in [0.1, 0.15) is 29.6 Å². The van der Waals surface area contributed by atoms with Gasteiger partial charge in [-0.15, -0.1) is 0 Å². The molecule has 2 heterocycles. The zero-order valence-corrected chi connectivity index (χ0v) is 16.2. The van der Waals surface area contributed by atoms with Gasteiger partial charge in [-0.1, -0.05) is 18.2 Å². The van der Waals surface area contributed by atoms with Crippen LogP contribution in [0.25, 0.3) is 11.3 Å². The van der Waals surface area contributed by atoms with Crippen molar-refractivity contribution in [2.45, 2.75) is 6.61 Å². The third kappa shape index (κ3) is 4.42. The molecule has 0 saturated carbocycles. The molecule has 0 aliphatic carbocycles. The molecule has 2 aromatic carbocycles. The van der Waals surface area contributed by atoms with Crippen LogP contribution >= 0.6 is 0 Å². The minimum atomic E-state index is -0.680. The molecule has 0 spiro atoms. The zero-order valence-electron chi connectivity index (χ0n) is 16.2. The number of ether oxygens (including phenoxy) is 1. The van der Waals surface area contributed by atoms with Gasteiger partial charge in [-0.25, -0.2) is 9.37 Å². The van der Waals surface area contributed by atoms with Crippen molar-refractivity contribution in [3.8, 4) is 17.0 Å². The number of nitrogens with zero attached hydrogens (tertiary/aromatic N) is 3. The van der Waals surface area contributed by atoms with Crippen LogP contribution in [0.1, 0.15) is 15.9 Å². The van der Waals surface area contributed by atoms with Crippen LogP contribution in [0.5, 0.6) is 5.75 Å². The fraction of sp³-hybridized carbons (Fsp3) is 0.0476. The quantitative estimate of drug-likeness (QED) is 0.337. The number of amides is 1. The van der Waals surface area contributed by atoms with Crippen LogP contribution in [0.3, 0.4) is 0 Å². The Labute approximate surface area is 176 Å². The summed E-state index contributed by atoms with van der Waals surface area (Å²) in [6, 6.07) is 11.0. The molecule has 2 aromatic heterocycles. The smallest absolute Gasteiger partial charge is 0.254 e. The number of nitrogens with one attached hydrogen (secondary N) is 2. The van der Waals surface area contributed by atoms with Gasteiger partial charge < -0.3 is 21.5 Å². The standard InChI is InChI=1S/C21H18FN7O2/c22-14-4-1-12(2-5-14)11-31-16-9-13(3-6-15(16)23)19-18(20(24)30)21(29-28-19)27-17-10-25-7-8-26-17/h1-10H,11,23H2,(H2,24,30)(H2,26,27,28,29). The first-order valence-electron chi connectivity index (χ1n) is 9.19. The van der Waals surface area contributed by atoms with E-state index in [4.69, 9.17) is 16.2 Å². The number of hydrogen-bond acceptors (Lipinski definition) is 7. The number of benzene rings is 2. The van der Waals surface area contributed by atoms with E-state index in [1.807, 2.05) is 0 Å². The summed E-state index contributed by atoms with van der Waals surface area (Å²) in [6.45, 7) is 0.194.